The smallest absolute Gasteiger partial charge is 0.129 e. The van der Waals surface area contributed by atoms with Gasteiger partial charge in [0.25, 0.3) is 0 Å². The standard InChI is InChI=1S/C19H27NO4/c1-3-9-20(12-16-6-4-7-18(11-16)22-2)13-17(21)14-23-15-19-8-5-10-24-19/h4-8,10-11,17,21H,3,9,12-15H2,1-2H3/t17-/m1/s1. The van der Waals surface area contributed by atoms with Crippen LogP contribution in [-0.2, 0) is 17.9 Å². The van der Waals surface area contributed by atoms with Gasteiger partial charge in [-0.1, -0.05) is 19.1 Å². The summed E-state index contributed by atoms with van der Waals surface area (Å²) in [5, 5.41) is 10.2. The van der Waals surface area contributed by atoms with E-state index in [4.69, 9.17) is 13.9 Å². The molecule has 0 spiro atoms. The molecule has 1 aromatic heterocycles. The van der Waals surface area contributed by atoms with E-state index in [0.29, 0.717) is 19.8 Å². The second-order valence-corrected chi connectivity index (χ2v) is 5.83. The molecule has 5 heteroatoms. The Morgan fingerprint density at radius 3 is 2.83 bits per heavy atom. The number of methoxy groups -OCH3 is 1. The lowest BCUT2D eigenvalue weighted by molar-refractivity contribution is 0.00386. The topological polar surface area (TPSA) is 55.1 Å². The summed E-state index contributed by atoms with van der Waals surface area (Å²) < 4.78 is 16.0. The fourth-order valence-corrected chi connectivity index (χ4v) is 2.62. The Morgan fingerprint density at radius 1 is 1.25 bits per heavy atom. The van der Waals surface area contributed by atoms with Gasteiger partial charge in [0.1, 0.15) is 18.1 Å². The minimum Gasteiger partial charge on any atom is -0.497 e. The van der Waals surface area contributed by atoms with Crippen molar-refractivity contribution in [1.29, 1.82) is 0 Å². The maximum absolute atomic E-state index is 10.2. The number of furan rings is 1. The van der Waals surface area contributed by atoms with Crippen LogP contribution in [0.25, 0.3) is 0 Å². The lowest BCUT2D eigenvalue weighted by Crippen LogP contribution is -2.35. The molecule has 1 aromatic carbocycles. The third-order valence-electron chi connectivity index (χ3n) is 3.68. The molecule has 0 fully saturated rings. The van der Waals surface area contributed by atoms with Gasteiger partial charge in [-0.2, -0.15) is 0 Å². The zero-order valence-electron chi connectivity index (χ0n) is 14.5. The molecule has 1 heterocycles. The van der Waals surface area contributed by atoms with Crippen LogP contribution in [0.3, 0.4) is 0 Å². The van der Waals surface area contributed by atoms with Gasteiger partial charge in [0.05, 0.1) is 26.1 Å². The van der Waals surface area contributed by atoms with Crippen LogP contribution in [0.5, 0.6) is 5.75 Å². The molecule has 0 saturated heterocycles. The molecule has 0 aliphatic heterocycles. The molecule has 0 amide bonds. The maximum Gasteiger partial charge on any atom is 0.129 e. The summed E-state index contributed by atoms with van der Waals surface area (Å²) >= 11 is 0. The first-order valence-electron chi connectivity index (χ1n) is 8.34. The molecule has 0 saturated carbocycles. The number of rotatable bonds is 11. The zero-order valence-corrected chi connectivity index (χ0v) is 14.5. The van der Waals surface area contributed by atoms with Gasteiger partial charge in [0, 0.05) is 13.1 Å². The lowest BCUT2D eigenvalue weighted by Gasteiger charge is -2.24. The largest absolute Gasteiger partial charge is 0.497 e. The van der Waals surface area contributed by atoms with E-state index in [2.05, 4.69) is 17.9 Å². The highest BCUT2D eigenvalue weighted by Crippen LogP contribution is 2.15. The molecular weight excluding hydrogens is 306 g/mol. The number of aliphatic hydroxyl groups excluding tert-OH is 1. The lowest BCUT2D eigenvalue weighted by atomic mass is 10.2. The Bertz CT molecular complexity index is 571. The van der Waals surface area contributed by atoms with E-state index < -0.39 is 6.10 Å². The molecule has 0 aliphatic rings. The molecule has 1 N–H and O–H groups in total. The molecule has 0 unspecified atom stereocenters. The normalized spacial score (nSPS) is 12.5. The summed E-state index contributed by atoms with van der Waals surface area (Å²) in [7, 11) is 1.67. The Hall–Kier alpha value is -1.82. The minimum absolute atomic E-state index is 0.291. The average Bonchev–Trinajstić information content (AvgIpc) is 3.08. The highest BCUT2D eigenvalue weighted by molar-refractivity contribution is 5.28. The molecule has 2 aromatic rings. The molecule has 0 radical (unpaired) electrons. The molecule has 5 nitrogen and oxygen atoms in total. The average molecular weight is 333 g/mol. The van der Waals surface area contributed by atoms with Crippen LogP contribution in [0.1, 0.15) is 24.7 Å². The van der Waals surface area contributed by atoms with Gasteiger partial charge in [-0.3, -0.25) is 4.90 Å². The van der Waals surface area contributed by atoms with Crippen molar-refractivity contribution in [2.75, 3.05) is 26.8 Å². The third-order valence-corrected chi connectivity index (χ3v) is 3.68. The van der Waals surface area contributed by atoms with E-state index in [1.54, 1.807) is 13.4 Å². The van der Waals surface area contributed by atoms with Crippen LogP contribution in [0.2, 0.25) is 0 Å². The molecule has 24 heavy (non-hydrogen) atoms. The van der Waals surface area contributed by atoms with Crippen molar-refractivity contribution < 1.29 is 19.0 Å². The molecule has 132 valence electrons. The Kier molecular flexibility index (Phi) is 7.82. The van der Waals surface area contributed by atoms with Gasteiger partial charge in [-0.25, -0.2) is 0 Å². The van der Waals surface area contributed by atoms with Crippen molar-refractivity contribution in [1.82, 2.24) is 4.90 Å². The van der Waals surface area contributed by atoms with Crippen LogP contribution in [0, 0.1) is 0 Å². The molecule has 0 aliphatic carbocycles. The fourth-order valence-electron chi connectivity index (χ4n) is 2.62. The van der Waals surface area contributed by atoms with Gasteiger partial charge < -0.3 is 19.0 Å². The molecular formula is C19H27NO4. The summed E-state index contributed by atoms with van der Waals surface area (Å²) in [6, 6.07) is 11.7. The summed E-state index contributed by atoms with van der Waals surface area (Å²) in [5.41, 5.74) is 1.17. The molecule has 2 rings (SSSR count). The predicted octanol–water partition coefficient (Wildman–Crippen LogP) is 3.08. The minimum atomic E-state index is -0.530. The third kappa shape index (κ3) is 6.35. The Morgan fingerprint density at radius 2 is 2.12 bits per heavy atom. The van der Waals surface area contributed by atoms with Crippen molar-refractivity contribution in [3.8, 4) is 5.75 Å². The summed E-state index contributed by atoms with van der Waals surface area (Å²) in [6.07, 6.45) is 2.12. The van der Waals surface area contributed by atoms with Crippen molar-refractivity contribution in [3.05, 3.63) is 54.0 Å². The Labute approximate surface area is 143 Å². The maximum atomic E-state index is 10.2. The summed E-state index contributed by atoms with van der Waals surface area (Å²) in [6.45, 7) is 5.08. The number of hydrogen-bond donors (Lipinski definition) is 1. The van der Waals surface area contributed by atoms with Crippen molar-refractivity contribution in [2.24, 2.45) is 0 Å². The fraction of sp³-hybridized carbons (Fsp3) is 0.474. The number of benzene rings is 1. The first kappa shape index (κ1) is 18.5. The summed E-state index contributed by atoms with van der Waals surface area (Å²) in [5.74, 6) is 1.62. The summed E-state index contributed by atoms with van der Waals surface area (Å²) in [4.78, 5) is 2.23. The number of ether oxygens (including phenoxy) is 2. The van der Waals surface area contributed by atoms with Gasteiger partial charge in [0.2, 0.25) is 0 Å². The van der Waals surface area contributed by atoms with Crippen LogP contribution in [0.4, 0.5) is 0 Å². The van der Waals surface area contributed by atoms with Gasteiger partial charge in [-0.05, 0) is 42.8 Å². The predicted molar refractivity (Wildman–Crippen MR) is 92.9 cm³/mol. The van der Waals surface area contributed by atoms with Gasteiger partial charge >= 0.3 is 0 Å². The first-order chi connectivity index (χ1) is 11.7. The van der Waals surface area contributed by atoms with E-state index >= 15 is 0 Å². The zero-order chi connectivity index (χ0) is 17.2. The van der Waals surface area contributed by atoms with Crippen LogP contribution < -0.4 is 4.74 Å². The van der Waals surface area contributed by atoms with E-state index in [0.717, 1.165) is 31.0 Å². The van der Waals surface area contributed by atoms with E-state index in [1.807, 2.05) is 30.3 Å². The van der Waals surface area contributed by atoms with E-state index in [-0.39, 0.29) is 0 Å². The number of aliphatic hydroxyl groups is 1. The van der Waals surface area contributed by atoms with Crippen molar-refractivity contribution >= 4 is 0 Å². The number of nitrogens with zero attached hydrogens (tertiary/aromatic N) is 1. The second-order valence-electron chi connectivity index (χ2n) is 5.83. The van der Waals surface area contributed by atoms with Crippen LogP contribution >= 0.6 is 0 Å². The first-order valence-corrected chi connectivity index (χ1v) is 8.34. The Balaban J connectivity index is 1.80. The number of hydrogen-bond acceptors (Lipinski definition) is 5. The van der Waals surface area contributed by atoms with Crippen LogP contribution in [0.15, 0.2) is 47.1 Å². The van der Waals surface area contributed by atoms with Crippen molar-refractivity contribution in [3.63, 3.8) is 0 Å². The quantitative estimate of drug-likeness (QED) is 0.685. The SMILES string of the molecule is CCCN(Cc1cccc(OC)c1)C[C@@H](O)COCc1ccco1. The highest BCUT2D eigenvalue weighted by atomic mass is 16.5. The van der Waals surface area contributed by atoms with E-state index in [9.17, 15) is 5.11 Å². The highest BCUT2D eigenvalue weighted by Gasteiger charge is 2.13. The molecule has 0 bridgehead atoms. The van der Waals surface area contributed by atoms with Gasteiger partial charge in [-0.15, -0.1) is 0 Å². The second kappa shape index (κ2) is 10.1. The van der Waals surface area contributed by atoms with Crippen LogP contribution in [-0.4, -0.2) is 42.9 Å². The van der Waals surface area contributed by atoms with Gasteiger partial charge in [0.15, 0.2) is 0 Å². The molecule has 1 atom stereocenters. The van der Waals surface area contributed by atoms with E-state index in [1.165, 1.54) is 5.56 Å². The monoisotopic (exact) mass is 333 g/mol. The van der Waals surface area contributed by atoms with Crippen molar-refractivity contribution in [2.45, 2.75) is 32.6 Å².